The largest absolute Gasteiger partial charge is 0.454 e. The highest BCUT2D eigenvalue weighted by Gasteiger charge is 2.18. The van der Waals surface area contributed by atoms with Crippen LogP contribution in [0.2, 0.25) is 0 Å². The van der Waals surface area contributed by atoms with Gasteiger partial charge in [0.1, 0.15) is 0 Å². The molecule has 1 aliphatic rings. The third-order valence-corrected chi connectivity index (χ3v) is 3.86. The molecule has 2 aromatic carbocycles. The molecule has 1 N–H and O–H groups in total. The first kappa shape index (κ1) is 13.9. The molecule has 0 unspecified atom stereocenters. The number of carbonyl (C=O) groups excluding carboxylic acids is 1. The van der Waals surface area contributed by atoms with Gasteiger partial charge in [-0.25, -0.2) is 0 Å². The molecule has 1 heterocycles. The minimum absolute atomic E-state index is 0.106. The van der Waals surface area contributed by atoms with Gasteiger partial charge in [0, 0.05) is 22.1 Å². The monoisotopic (exact) mass is 347 g/mol. The molecular formula is C16H14BrNO3. The second kappa shape index (κ2) is 5.77. The van der Waals surface area contributed by atoms with Gasteiger partial charge in [-0.1, -0.05) is 34.1 Å². The molecule has 21 heavy (non-hydrogen) atoms. The molecule has 0 fully saturated rings. The van der Waals surface area contributed by atoms with Crippen molar-refractivity contribution in [2.45, 2.75) is 13.5 Å². The van der Waals surface area contributed by atoms with Gasteiger partial charge in [-0.15, -0.1) is 0 Å². The van der Waals surface area contributed by atoms with Crippen molar-refractivity contribution in [3.8, 4) is 11.5 Å². The molecule has 0 saturated heterocycles. The minimum Gasteiger partial charge on any atom is -0.454 e. The summed E-state index contributed by atoms with van der Waals surface area (Å²) in [4.78, 5) is 12.3. The van der Waals surface area contributed by atoms with Crippen LogP contribution in [0, 0.1) is 6.92 Å². The summed E-state index contributed by atoms with van der Waals surface area (Å²) >= 11 is 3.38. The lowest BCUT2D eigenvalue weighted by Gasteiger charge is -2.10. The summed E-state index contributed by atoms with van der Waals surface area (Å²) in [6.07, 6.45) is 0. The van der Waals surface area contributed by atoms with Crippen molar-refractivity contribution in [2.75, 3.05) is 6.79 Å². The molecule has 0 bridgehead atoms. The number of carbonyl (C=O) groups is 1. The maximum absolute atomic E-state index is 12.3. The smallest absolute Gasteiger partial charge is 0.251 e. The lowest BCUT2D eigenvalue weighted by atomic mass is 10.1. The van der Waals surface area contributed by atoms with Crippen molar-refractivity contribution < 1.29 is 14.3 Å². The number of hydrogen-bond donors (Lipinski definition) is 1. The third-order valence-electron chi connectivity index (χ3n) is 3.36. The Labute approximate surface area is 131 Å². The molecule has 0 aromatic heterocycles. The van der Waals surface area contributed by atoms with E-state index in [0.29, 0.717) is 17.9 Å². The third kappa shape index (κ3) is 2.88. The van der Waals surface area contributed by atoms with Gasteiger partial charge in [-0.3, -0.25) is 4.79 Å². The van der Waals surface area contributed by atoms with E-state index >= 15 is 0 Å². The second-order valence-electron chi connectivity index (χ2n) is 4.79. The van der Waals surface area contributed by atoms with Crippen LogP contribution >= 0.6 is 15.9 Å². The Kier molecular flexibility index (Phi) is 3.84. The van der Waals surface area contributed by atoms with Crippen LogP contribution in [-0.4, -0.2) is 12.7 Å². The van der Waals surface area contributed by atoms with Gasteiger partial charge in [0.05, 0.1) is 0 Å². The van der Waals surface area contributed by atoms with E-state index in [1.165, 1.54) is 0 Å². The van der Waals surface area contributed by atoms with E-state index in [2.05, 4.69) is 21.2 Å². The summed E-state index contributed by atoms with van der Waals surface area (Å²) in [5, 5.41) is 2.92. The van der Waals surface area contributed by atoms with Gasteiger partial charge in [0.25, 0.3) is 5.91 Å². The molecule has 1 amide bonds. The Morgan fingerprint density at radius 1 is 1.29 bits per heavy atom. The molecule has 0 spiro atoms. The minimum atomic E-state index is -0.106. The number of benzene rings is 2. The molecule has 108 valence electrons. The van der Waals surface area contributed by atoms with Crippen LogP contribution in [0.4, 0.5) is 0 Å². The van der Waals surface area contributed by atoms with Crippen LogP contribution in [0.3, 0.4) is 0 Å². The SMILES string of the molecule is Cc1ccc(Br)cc1C(=O)NCc1cccc2c1OCO2. The number of para-hydroxylation sites is 1. The molecule has 0 atom stereocenters. The van der Waals surface area contributed by atoms with E-state index in [1.54, 1.807) is 0 Å². The van der Waals surface area contributed by atoms with Gasteiger partial charge >= 0.3 is 0 Å². The molecule has 1 aliphatic heterocycles. The van der Waals surface area contributed by atoms with Gasteiger partial charge < -0.3 is 14.8 Å². The van der Waals surface area contributed by atoms with E-state index in [4.69, 9.17) is 9.47 Å². The Balaban J connectivity index is 1.75. The van der Waals surface area contributed by atoms with Crippen LogP contribution in [0.5, 0.6) is 11.5 Å². The number of amides is 1. The molecule has 4 nitrogen and oxygen atoms in total. The van der Waals surface area contributed by atoms with Crippen molar-refractivity contribution >= 4 is 21.8 Å². The number of hydrogen-bond acceptors (Lipinski definition) is 3. The van der Waals surface area contributed by atoms with Crippen molar-refractivity contribution in [1.82, 2.24) is 5.32 Å². The average Bonchev–Trinajstić information content (AvgIpc) is 2.96. The average molecular weight is 348 g/mol. The fourth-order valence-corrected chi connectivity index (χ4v) is 2.60. The maximum Gasteiger partial charge on any atom is 0.251 e. The predicted molar refractivity (Wildman–Crippen MR) is 82.6 cm³/mol. The first-order valence-corrected chi connectivity index (χ1v) is 7.36. The summed E-state index contributed by atoms with van der Waals surface area (Å²) in [7, 11) is 0. The zero-order valence-corrected chi connectivity index (χ0v) is 13.1. The summed E-state index contributed by atoms with van der Waals surface area (Å²) in [5.41, 5.74) is 2.51. The predicted octanol–water partition coefficient (Wildman–Crippen LogP) is 3.42. The first-order valence-electron chi connectivity index (χ1n) is 6.57. The maximum atomic E-state index is 12.3. The fourth-order valence-electron chi connectivity index (χ4n) is 2.24. The summed E-state index contributed by atoms with van der Waals surface area (Å²) in [5.74, 6) is 1.33. The van der Waals surface area contributed by atoms with E-state index < -0.39 is 0 Å². The molecular weight excluding hydrogens is 334 g/mol. The molecule has 0 aliphatic carbocycles. The topological polar surface area (TPSA) is 47.6 Å². The van der Waals surface area contributed by atoms with Crippen LogP contribution in [0.25, 0.3) is 0 Å². The summed E-state index contributed by atoms with van der Waals surface area (Å²) < 4.78 is 11.6. The molecule has 0 radical (unpaired) electrons. The standard InChI is InChI=1S/C16H14BrNO3/c1-10-5-6-12(17)7-13(10)16(19)18-8-11-3-2-4-14-15(11)21-9-20-14/h2-7H,8-9H2,1H3,(H,18,19). The summed E-state index contributed by atoms with van der Waals surface area (Å²) in [6.45, 7) is 2.54. The molecule has 0 saturated carbocycles. The summed E-state index contributed by atoms with van der Waals surface area (Å²) in [6, 6.07) is 11.3. The van der Waals surface area contributed by atoms with Crippen LogP contribution in [0.1, 0.15) is 21.5 Å². The first-order chi connectivity index (χ1) is 10.1. The van der Waals surface area contributed by atoms with Crippen LogP contribution in [-0.2, 0) is 6.54 Å². The lowest BCUT2D eigenvalue weighted by Crippen LogP contribution is -2.23. The van der Waals surface area contributed by atoms with Crippen molar-refractivity contribution in [3.05, 3.63) is 57.6 Å². The van der Waals surface area contributed by atoms with Crippen molar-refractivity contribution in [2.24, 2.45) is 0 Å². The molecule has 3 rings (SSSR count). The van der Waals surface area contributed by atoms with Crippen molar-refractivity contribution in [3.63, 3.8) is 0 Å². The lowest BCUT2D eigenvalue weighted by molar-refractivity contribution is 0.0950. The normalized spacial score (nSPS) is 12.3. The Bertz CT molecular complexity index is 700. The highest BCUT2D eigenvalue weighted by molar-refractivity contribution is 9.10. The van der Waals surface area contributed by atoms with Gasteiger partial charge in [0.15, 0.2) is 11.5 Å². The quantitative estimate of drug-likeness (QED) is 0.925. The van der Waals surface area contributed by atoms with Crippen LogP contribution in [0.15, 0.2) is 40.9 Å². The van der Waals surface area contributed by atoms with E-state index in [9.17, 15) is 4.79 Å². The van der Waals surface area contributed by atoms with Gasteiger partial charge in [-0.2, -0.15) is 0 Å². The number of ether oxygens (including phenoxy) is 2. The highest BCUT2D eigenvalue weighted by atomic mass is 79.9. The van der Waals surface area contributed by atoms with E-state index in [0.717, 1.165) is 21.3 Å². The van der Waals surface area contributed by atoms with Gasteiger partial charge in [0.2, 0.25) is 6.79 Å². The highest BCUT2D eigenvalue weighted by Crippen LogP contribution is 2.35. The van der Waals surface area contributed by atoms with Crippen molar-refractivity contribution in [1.29, 1.82) is 0 Å². The zero-order chi connectivity index (χ0) is 14.8. The molecule has 2 aromatic rings. The van der Waals surface area contributed by atoms with E-state index in [1.807, 2.05) is 43.3 Å². The Hall–Kier alpha value is -2.01. The zero-order valence-electron chi connectivity index (χ0n) is 11.5. The van der Waals surface area contributed by atoms with Gasteiger partial charge in [-0.05, 0) is 30.7 Å². The number of rotatable bonds is 3. The van der Waals surface area contributed by atoms with E-state index in [-0.39, 0.29) is 12.7 Å². The number of halogens is 1. The van der Waals surface area contributed by atoms with Crippen LogP contribution < -0.4 is 14.8 Å². The second-order valence-corrected chi connectivity index (χ2v) is 5.71. The Morgan fingerprint density at radius 2 is 2.14 bits per heavy atom. The molecule has 5 heteroatoms. The number of aryl methyl sites for hydroxylation is 1. The number of fused-ring (bicyclic) bond motifs is 1. The Morgan fingerprint density at radius 3 is 3.00 bits per heavy atom. The number of nitrogens with one attached hydrogen (secondary N) is 1. The fraction of sp³-hybridized carbons (Fsp3) is 0.188.